The molecule has 0 saturated carbocycles. The molecular weight excluding hydrogens is 314 g/mol. The van der Waals surface area contributed by atoms with Crippen LogP contribution in [0.5, 0.6) is 0 Å². The summed E-state index contributed by atoms with van der Waals surface area (Å²) in [6.45, 7) is 1.38. The van der Waals surface area contributed by atoms with E-state index in [1.807, 2.05) is 0 Å². The zero-order chi connectivity index (χ0) is 16.7. The molecule has 0 bridgehead atoms. The number of benzene rings is 1. The predicted molar refractivity (Wildman–Crippen MR) is 92.9 cm³/mol. The van der Waals surface area contributed by atoms with Gasteiger partial charge in [0.05, 0.1) is 6.26 Å². The van der Waals surface area contributed by atoms with Gasteiger partial charge in [0.15, 0.2) is 5.11 Å². The van der Waals surface area contributed by atoms with Crippen LogP contribution in [0.1, 0.15) is 12.7 Å². The predicted octanol–water partition coefficient (Wildman–Crippen LogP) is 2.76. The van der Waals surface area contributed by atoms with Crippen molar-refractivity contribution in [2.24, 2.45) is 0 Å². The highest BCUT2D eigenvalue weighted by Gasteiger charge is 2.01. The molecule has 0 atom stereocenters. The summed E-state index contributed by atoms with van der Waals surface area (Å²) in [5.74, 6) is 0.0942. The zero-order valence-corrected chi connectivity index (χ0v) is 13.1. The molecule has 1 heterocycles. The Balaban J connectivity index is 1.88. The van der Waals surface area contributed by atoms with Gasteiger partial charge in [-0.15, -0.1) is 0 Å². The van der Waals surface area contributed by atoms with Crippen LogP contribution in [-0.2, 0) is 9.59 Å². The number of furan rings is 1. The number of hydrogen-bond donors (Lipinski definition) is 3. The van der Waals surface area contributed by atoms with Crippen LogP contribution in [-0.4, -0.2) is 16.9 Å². The van der Waals surface area contributed by atoms with E-state index in [0.29, 0.717) is 17.1 Å². The minimum absolute atomic E-state index is 0.218. The van der Waals surface area contributed by atoms with Crippen LogP contribution >= 0.6 is 12.2 Å². The van der Waals surface area contributed by atoms with Crippen molar-refractivity contribution < 1.29 is 14.0 Å². The van der Waals surface area contributed by atoms with Gasteiger partial charge in [-0.2, -0.15) is 0 Å². The standard InChI is InChI=1S/C16H15N3O3S/c1-11(20)17-16(23)19-13-6-4-12(5-7-13)18-15(21)9-8-14-3-2-10-22-14/h2-10H,1H3,(H,18,21)(H2,17,19,20,23)/b9-8+. The van der Waals surface area contributed by atoms with Crippen LogP contribution in [0.25, 0.3) is 6.08 Å². The van der Waals surface area contributed by atoms with Crippen molar-refractivity contribution in [1.29, 1.82) is 0 Å². The van der Waals surface area contributed by atoms with Gasteiger partial charge in [-0.3, -0.25) is 9.59 Å². The largest absolute Gasteiger partial charge is 0.465 e. The molecule has 0 radical (unpaired) electrons. The fourth-order valence-electron chi connectivity index (χ4n) is 1.69. The number of amides is 2. The maximum Gasteiger partial charge on any atom is 0.248 e. The number of rotatable bonds is 4. The Labute approximate surface area is 138 Å². The molecule has 2 amide bonds. The third-order valence-electron chi connectivity index (χ3n) is 2.64. The van der Waals surface area contributed by atoms with E-state index in [2.05, 4.69) is 16.0 Å². The molecule has 23 heavy (non-hydrogen) atoms. The molecule has 0 aliphatic heterocycles. The third kappa shape index (κ3) is 5.76. The molecule has 0 aliphatic rings. The average Bonchev–Trinajstić information content (AvgIpc) is 3.00. The molecule has 3 N–H and O–H groups in total. The maximum absolute atomic E-state index is 11.8. The third-order valence-corrected chi connectivity index (χ3v) is 2.85. The lowest BCUT2D eigenvalue weighted by molar-refractivity contribution is -0.117. The minimum Gasteiger partial charge on any atom is -0.465 e. The summed E-state index contributed by atoms with van der Waals surface area (Å²) in [6.07, 6.45) is 4.50. The minimum atomic E-state index is -0.268. The average molecular weight is 329 g/mol. The summed E-state index contributed by atoms with van der Waals surface area (Å²) in [4.78, 5) is 22.6. The maximum atomic E-state index is 11.8. The fourth-order valence-corrected chi connectivity index (χ4v) is 1.95. The van der Waals surface area contributed by atoms with Crippen molar-refractivity contribution in [3.05, 3.63) is 54.5 Å². The van der Waals surface area contributed by atoms with Gasteiger partial charge in [0.1, 0.15) is 5.76 Å². The quantitative estimate of drug-likeness (QED) is 0.593. The number of hydrogen-bond acceptors (Lipinski definition) is 4. The SMILES string of the molecule is CC(=O)NC(=S)Nc1ccc(NC(=O)/C=C/c2ccco2)cc1. The second kappa shape index (κ2) is 7.90. The first-order valence-electron chi connectivity index (χ1n) is 6.74. The van der Waals surface area contributed by atoms with Gasteiger partial charge in [0, 0.05) is 24.4 Å². The summed E-state index contributed by atoms with van der Waals surface area (Å²) in [5, 5.41) is 8.26. The summed E-state index contributed by atoms with van der Waals surface area (Å²) in [6, 6.07) is 10.4. The van der Waals surface area contributed by atoms with Crippen molar-refractivity contribution in [3.8, 4) is 0 Å². The van der Waals surface area contributed by atoms with Crippen LogP contribution in [0.4, 0.5) is 11.4 Å². The lowest BCUT2D eigenvalue weighted by Crippen LogP contribution is -2.32. The van der Waals surface area contributed by atoms with E-state index in [0.717, 1.165) is 0 Å². The summed E-state index contributed by atoms with van der Waals surface area (Å²) in [5.41, 5.74) is 1.34. The fraction of sp³-hybridized carbons (Fsp3) is 0.0625. The molecule has 0 saturated heterocycles. The molecule has 2 aromatic rings. The van der Waals surface area contributed by atoms with Crippen LogP contribution in [0.2, 0.25) is 0 Å². The van der Waals surface area contributed by atoms with Gasteiger partial charge in [-0.05, 0) is 54.7 Å². The lowest BCUT2D eigenvalue weighted by atomic mass is 10.2. The Morgan fingerprint density at radius 3 is 2.30 bits per heavy atom. The monoisotopic (exact) mass is 329 g/mol. The van der Waals surface area contributed by atoms with Crippen molar-refractivity contribution in [3.63, 3.8) is 0 Å². The second-order valence-corrected chi connectivity index (χ2v) is 4.96. The van der Waals surface area contributed by atoms with E-state index in [1.54, 1.807) is 42.5 Å². The number of carbonyl (C=O) groups is 2. The molecule has 0 unspecified atom stereocenters. The van der Waals surface area contributed by atoms with Gasteiger partial charge in [-0.25, -0.2) is 0 Å². The highest BCUT2D eigenvalue weighted by atomic mass is 32.1. The molecule has 2 rings (SSSR count). The summed E-state index contributed by atoms with van der Waals surface area (Å²) in [7, 11) is 0. The zero-order valence-electron chi connectivity index (χ0n) is 12.3. The number of thiocarbonyl (C=S) groups is 1. The molecule has 0 fully saturated rings. The van der Waals surface area contributed by atoms with Gasteiger partial charge in [0.2, 0.25) is 11.8 Å². The van der Waals surface area contributed by atoms with Gasteiger partial charge in [0.25, 0.3) is 0 Å². The van der Waals surface area contributed by atoms with Crippen LogP contribution in [0, 0.1) is 0 Å². The van der Waals surface area contributed by atoms with E-state index >= 15 is 0 Å². The second-order valence-electron chi connectivity index (χ2n) is 4.55. The normalized spacial score (nSPS) is 10.3. The number of anilines is 2. The first-order valence-corrected chi connectivity index (χ1v) is 7.15. The highest BCUT2D eigenvalue weighted by molar-refractivity contribution is 7.80. The van der Waals surface area contributed by atoms with Crippen LogP contribution < -0.4 is 16.0 Å². The Hall–Kier alpha value is -2.93. The first-order chi connectivity index (χ1) is 11.0. The van der Waals surface area contributed by atoms with Crippen molar-refractivity contribution >= 4 is 46.6 Å². The molecule has 1 aromatic heterocycles. The van der Waals surface area contributed by atoms with Crippen molar-refractivity contribution in [2.45, 2.75) is 6.92 Å². The first kappa shape index (κ1) is 16.4. The Bertz CT molecular complexity index is 722. The smallest absolute Gasteiger partial charge is 0.248 e. The van der Waals surface area contributed by atoms with Gasteiger partial charge < -0.3 is 20.4 Å². The molecule has 118 valence electrons. The molecule has 1 aromatic carbocycles. The number of nitrogens with one attached hydrogen (secondary N) is 3. The lowest BCUT2D eigenvalue weighted by Gasteiger charge is -2.09. The molecule has 0 spiro atoms. The topological polar surface area (TPSA) is 83.4 Å². The van der Waals surface area contributed by atoms with Crippen LogP contribution in [0.15, 0.2) is 53.2 Å². The van der Waals surface area contributed by atoms with E-state index < -0.39 is 0 Å². The van der Waals surface area contributed by atoms with Gasteiger partial charge in [-0.1, -0.05) is 0 Å². The Kier molecular flexibility index (Phi) is 5.65. The molecule has 7 heteroatoms. The van der Waals surface area contributed by atoms with E-state index in [-0.39, 0.29) is 16.9 Å². The van der Waals surface area contributed by atoms with Crippen LogP contribution in [0.3, 0.4) is 0 Å². The van der Waals surface area contributed by atoms with Gasteiger partial charge >= 0.3 is 0 Å². The molecule has 0 aliphatic carbocycles. The van der Waals surface area contributed by atoms with E-state index in [1.165, 1.54) is 19.3 Å². The highest BCUT2D eigenvalue weighted by Crippen LogP contribution is 2.13. The molecule has 6 nitrogen and oxygen atoms in total. The number of carbonyl (C=O) groups excluding carboxylic acids is 2. The molecular formula is C16H15N3O3S. The van der Waals surface area contributed by atoms with E-state index in [4.69, 9.17) is 16.6 Å². The summed E-state index contributed by atoms with van der Waals surface area (Å²) < 4.78 is 5.10. The summed E-state index contributed by atoms with van der Waals surface area (Å²) >= 11 is 4.96. The van der Waals surface area contributed by atoms with E-state index in [9.17, 15) is 9.59 Å². The van der Waals surface area contributed by atoms with Crippen molar-refractivity contribution in [1.82, 2.24) is 5.32 Å². The Morgan fingerprint density at radius 2 is 1.74 bits per heavy atom. The van der Waals surface area contributed by atoms with Crippen molar-refractivity contribution in [2.75, 3.05) is 10.6 Å². The Morgan fingerprint density at radius 1 is 1.09 bits per heavy atom.